The molecule has 2 rings (SSSR count). The number of rotatable bonds is 7. The van der Waals surface area contributed by atoms with E-state index in [1.807, 2.05) is 15.7 Å². The summed E-state index contributed by atoms with van der Waals surface area (Å²) >= 11 is 0. The molecule has 1 aromatic heterocycles. The van der Waals surface area contributed by atoms with Crippen molar-refractivity contribution in [3.63, 3.8) is 0 Å². The summed E-state index contributed by atoms with van der Waals surface area (Å²) in [6.45, 7) is 6.57. The monoisotopic (exact) mass is 308 g/mol. The first-order chi connectivity index (χ1) is 10.5. The maximum Gasteiger partial charge on any atom is 0.248 e. The van der Waals surface area contributed by atoms with Crippen LogP contribution in [0.25, 0.3) is 0 Å². The Hall–Kier alpha value is -1.89. The number of morpholine rings is 1. The van der Waals surface area contributed by atoms with Gasteiger partial charge in [0.1, 0.15) is 6.61 Å². The number of imidazole rings is 1. The number of carbonyl (C=O) groups excluding carboxylic acids is 2. The van der Waals surface area contributed by atoms with Crippen LogP contribution in [0, 0.1) is 5.92 Å². The minimum atomic E-state index is -0.131. The lowest BCUT2D eigenvalue weighted by Crippen LogP contribution is -2.51. The molecule has 7 nitrogen and oxygen atoms in total. The summed E-state index contributed by atoms with van der Waals surface area (Å²) in [7, 11) is 0. The molecular formula is C15H24N4O3. The Bertz CT molecular complexity index is 487. The average molecular weight is 308 g/mol. The Labute approximate surface area is 130 Å². The number of nitrogens with zero attached hydrogens (tertiary/aromatic N) is 3. The lowest BCUT2D eigenvalue weighted by molar-refractivity contribution is -0.149. The molecule has 0 bridgehead atoms. The molecule has 1 unspecified atom stereocenters. The van der Waals surface area contributed by atoms with E-state index < -0.39 is 0 Å². The van der Waals surface area contributed by atoms with Crippen LogP contribution in [0.1, 0.15) is 20.3 Å². The third-order valence-electron chi connectivity index (χ3n) is 3.49. The van der Waals surface area contributed by atoms with E-state index in [1.54, 1.807) is 12.5 Å². The van der Waals surface area contributed by atoms with Gasteiger partial charge in [-0.05, 0) is 5.92 Å². The lowest BCUT2D eigenvalue weighted by atomic mass is 10.1. The van der Waals surface area contributed by atoms with Gasteiger partial charge in [0.2, 0.25) is 11.8 Å². The van der Waals surface area contributed by atoms with Crippen molar-refractivity contribution in [3.8, 4) is 0 Å². The van der Waals surface area contributed by atoms with E-state index in [4.69, 9.17) is 4.74 Å². The molecule has 122 valence electrons. The van der Waals surface area contributed by atoms with Crippen LogP contribution in [-0.2, 0) is 20.9 Å². The number of ether oxygens (including phenoxy) is 1. The number of hydrogen-bond acceptors (Lipinski definition) is 4. The fourth-order valence-corrected chi connectivity index (χ4v) is 2.39. The smallest absolute Gasteiger partial charge is 0.248 e. The molecule has 1 N–H and O–H groups in total. The second kappa shape index (κ2) is 7.93. The molecule has 7 heteroatoms. The van der Waals surface area contributed by atoms with Crippen molar-refractivity contribution in [2.24, 2.45) is 5.92 Å². The van der Waals surface area contributed by atoms with Gasteiger partial charge in [-0.25, -0.2) is 4.98 Å². The molecule has 1 aliphatic rings. The standard InChI is InChI=1S/C15H24N4O3/c1-12(2)8-19-9-13(22-10-15(19)21)7-17-14(20)3-5-18-6-4-16-11-18/h4,6,11-13H,3,5,7-10H2,1-2H3,(H,17,20). The molecule has 1 atom stereocenters. The summed E-state index contributed by atoms with van der Waals surface area (Å²) in [5.41, 5.74) is 0. The normalized spacial score (nSPS) is 18.8. The molecular weight excluding hydrogens is 284 g/mol. The van der Waals surface area contributed by atoms with Crippen molar-refractivity contribution in [2.75, 3.05) is 26.2 Å². The van der Waals surface area contributed by atoms with E-state index in [-0.39, 0.29) is 24.5 Å². The number of amides is 2. The lowest BCUT2D eigenvalue weighted by Gasteiger charge is -2.33. The largest absolute Gasteiger partial charge is 0.365 e. The number of carbonyl (C=O) groups is 2. The summed E-state index contributed by atoms with van der Waals surface area (Å²) in [6, 6.07) is 0. The highest BCUT2D eigenvalue weighted by molar-refractivity contribution is 5.78. The van der Waals surface area contributed by atoms with Gasteiger partial charge < -0.3 is 19.5 Å². The Balaban J connectivity index is 1.69. The predicted molar refractivity (Wildman–Crippen MR) is 81.0 cm³/mol. The van der Waals surface area contributed by atoms with Gasteiger partial charge in [-0.3, -0.25) is 9.59 Å². The van der Waals surface area contributed by atoms with Gasteiger partial charge in [0.15, 0.2) is 0 Å². The molecule has 0 spiro atoms. The predicted octanol–water partition coefficient (Wildman–Crippen LogP) is 0.273. The molecule has 0 aromatic carbocycles. The third-order valence-corrected chi connectivity index (χ3v) is 3.49. The zero-order chi connectivity index (χ0) is 15.9. The molecule has 0 aliphatic carbocycles. The van der Waals surface area contributed by atoms with E-state index in [0.29, 0.717) is 32.0 Å². The van der Waals surface area contributed by atoms with E-state index in [1.165, 1.54) is 0 Å². The van der Waals surface area contributed by atoms with Gasteiger partial charge in [-0.1, -0.05) is 13.8 Å². The highest BCUT2D eigenvalue weighted by Gasteiger charge is 2.26. The molecule has 22 heavy (non-hydrogen) atoms. The van der Waals surface area contributed by atoms with E-state index in [0.717, 1.165) is 6.54 Å². The van der Waals surface area contributed by atoms with Crippen LogP contribution < -0.4 is 5.32 Å². The first-order valence-electron chi connectivity index (χ1n) is 7.66. The number of hydrogen-bond donors (Lipinski definition) is 1. The van der Waals surface area contributed by atoms with Crippen molar-refractivity contribution in [3.05, 3.63) is 18.7 Å². The second-order valence-electron chi connectivity index (χ2n) is 5.98. The molecule has 1 saturated heterocycles. The summed E-state index contributed by atoms with van der Waals surface area (Å²) in [4.78, 5) is 29.3. The molecule has 2 heterocycles. The first kappa shape index (κ1) is 16.5. The molecule has 0 radical (unpaired) electrons. The average Bonchev–Trinajstić information content (AvgIpc) is 2.98. The van der Waals surface area contributed by atoms with Gasteiger partial charge in [-0.2, -0.15) is 0 Å². The van der Waals surface area contributed by atoms with E-state index >= 15 is 0 Å². The van der Waals surface area contributed by atoms with Crippen molar-refractivity contribution in [1.82, 2.24) is 19.8 Å². The fourth-order valence-electron chi connectivity index (χ4n) is 2.39. The zero-order valence-corrected chi connectivity index (χ0v) is 13.2. The highest BCUT2D eigenvalue weighted by Crippen LogP contribution is 2.08. The number of aromatic nitrogens is 2. The van der Waals surface area contributed by atoms with Gasteiger partial charge >= 0.3 is 0 Å². The van der Waals surface area contributed by atoms with Gasteiger partial charge in [0.05, 0.1) is 12.4 Å². The number of aryl methyl sites for hydroxylation is 1. The molecule has 1 aliphatic heterocycles. The SMILES string of the molecule is CC(C)CN1CC(CNC(=O)CCn2ccnc2)OCC1=O. The van der Waals surface area contributed by atoms with Gasteiger partial charge in [0.25, 0.3) is 0 Å². The second-order valence-corrected chi connectivity index (χ2v) is 5.98. The Kier molecular flexibility index (Phi) is 5.94. The van der Waals surface area contributed by atoms with Crippen molar-refractivity contribution < 1.29 is 14.3 Å². The quantitative estimate of drug-likeness (QED) is 0.784. The molecule has 0 saturated carbocycles. The van der Waals surface area contributed by atoms with Crippen LogP contribution in [0.4, 0.5) is 0 Å². The van der Waals surface area contributed by atoms with Crippen molar-refractivity contribution >= 4 is 11.8 Å². The highest BCUT2D eigenvalue weighted by atomic mass is 16.5. The summed E-state index contributed by atoms with van der Waals surface area (Å²) in [5.74, 6) is 0.425. The van der Waals surface area contributed by atoms with Crippen LogP contribution in [-0.4, -0.2) is 58.6 Å². The van der Waals surface area contributed by atoms with Crippen LogP contribution in [0.3, 0.4) is 0 Å². The maximum atomic E-state index is 11.8. The van der Waals surface area contributed by atoms with Crippen molar-refractivity contribution in [2.45, 2.75) is 32.9 Å². The van der Waals surface area contributed by atoms with Crippen LogP contribution in [0.2, 0.25) is 0 Å². The fraction of sp³-hybridized carbons (Fsp3) is 0.667. The molecule has 1 aromatic rings. The Morgan fingerprint density at radius 2 is 2.36 bits per heavy atom. The number of nitrogens with one attached hydrogen (secondary N) is 1. The topological polar surface area (TPSA) is 76.5 Å². The first-order valence-corrected chi connectivity index (χ1v) is 7.66. The van der Waals surface area contributed by atoms with Crippen LogP contribution in [0.5, 0.6) is 0 Å². The molecule has 1 fully saturated rings. The minimum absolute atomic E-state index is 0.0235. The van der Waals surface area contributed by atoms with E-state index in [2.05, 4.69) is 24.1 Å². The van der Waals surface area contributed by atoms with Gasteiger partial charge in [0, 0.05) is 45.0 Å². The summed E-state index contributed by atoms with van der Waals surface area (Å²) in [5, 5.41) is 2.87. The van der Waals surface area contributed by atoms with E-state index in [9.17, 15) is 9.59 Å². The van der Waals surface area contributed by atoms with Crippen LogP contribution >= 0.6 is 0 Å². The van der Waals surface area contributed by atoms with Gasteiger partial charge in [-0.15, -0.1) is 0 Å². The maximum absolute atomic E-state index is 11.8. The zero-order valence-electron chi connectivity index (χ0n) is 13.2. The van der Waals surface area contributed by atoms with Crippen molar-refractivity contribution in [1.29, 1.82) is 0 Å². The summed E-state index contributed by atoms with van der Waals surface area (Å²) < 4.78 is 7.34. The molecule has 2 amide bonds. The van der Waals surface area contributed by atoms with Crippen LogP contribution in [0.15, 0.2) is 18.7 Å². The third kappa shape index (κ3) is 5.14. The summed E-state index contributed by atoms with van der Waals surface area (Å²) in [6.07, 6.45) is 5.47. The minimum Gasteiger partial charge on any atom is -0.365 e. The Morgan fingerprint density at radius 3 is 3.05 bits per heavy atom. The Morgan fingerprint density at radius 1 is 1.55 bits per heavy atom.